The van der Waals surface area contributed by atoms with E-state index in [1.54, 1.807) is 16.7 Å². The lowest BCUT2D eigenvalue weighted by Gasteiger charge is -2.06. The van der Waals surface area contributed by atoms with E-state index in [2.05, 4.69) is 4.98 Å². The number of benzene rings is 2. The Bertz CT molecular complexity index is 734. The van der Waals surface area contributed by atoms with E-state index < -0.39 is 0 Å². The summed E-state index contributed by atoms with van der Waals surface area (Å²) in [6.07, 6.45) is 0. The molecule has 2 N–H and O–H groups in total. The van der Waals surface area contributed by atoms with Crippen LogP contribution in [0.25, 0.3) is 11.0 Å². The van der Waals surface area contributed by atoms with Crippen molar-refractivity contribution in [2.75, 3.05) is 5.73 Å². The second-order valence-corrected chi connectivity index (χ2v) is 4.73. The molecule has 0 fully saturated rings. The average Bonchev–Trinajstić information content (AvgIpc) is 2.71. The van der Waals surface area contributed by atoms with Crippen molar-refractivity contribution < 1.29 is 4.39 Å². The minimum Gasteiger partial charge on any atom is -0.369 e. The molecule has 0 unspecified atom stereocenters. The molecule has 1 heterocycles. The molecular weight excluding hydrogens is 265 g/mol. The third-order valence-electron chi connectivity index (χ3n) is 3.01. The maximum atomic E-state index is 13.6. The van der Waals surface area contributed by atoms with E-state index in [1.807, 2.05) is 24.3 Å². The largest absolute Gasteiger partial charge is 0.369 e. The molecule has 3 nitrogen and oxygen atoms in total. The number of hydrogen-bond donors (Lipinski definition) is 1. The third-order valence-corrected chi connectivity index (χ3v) is 3.27. The van der Waals surface area contributed by atoms with Gasteiger partial charge in [0, 0.05) is 5.02 Å². The van der Waals surface area contributed by atoms with E-state index in [0.29, 0.717) is 28.5 Å². The monoisotopic (exact) mass is 275 g/mol. The number of aromatic nitrogens is 2. The molecule has 0 atom stereocenters. The Hall–Kier alpha value is -2.07. The topological polar surface area (TPSA) is 43.8 Å². The van der Waals surface area contributed by atoms with Gasteiger partial charge in [0.25, 0.3) is 0 Å². The molecule has 0 aliphatic heterocycles. The summed E-state index contributed by atoms with van der Waals surface area (Å²) in [7, 11) is 0. The fourth-order valence-electron chi connectivity index (χ4n) is 2.07. The molecule has 0 saturated carbocycles. The number of fused-ring (bicyclic) bond motifs is 1. The van der Waals surface area contributed by atoms with Gasteiger partial charge in [-0.15, -0.1) is 0 Å². The van der Waals surface area contributed by atoms with E-state index in [9.17, 15) is 4.39 Å². The average molecular weight is 276 g/mol. The van der Waals surface area contributed by atoms with Crippen LogP contribution in [0.3, 0.4) is 0 Å². The Morgan fingerprint density at radius 1 is 1.16 bits per heavy atom. The SMILES string of the molecule is Nc1nc2c(F)cccc2n1Cc1ccc(Cl)cc1. The van der Waals surface area contributed by atoms with Crippen molar-refractivity contribution in [1.29, 1.82) is 0 Å². The van der Waals surface area contributed by atoms with E-state index >= 15 is 0 Å². The molecule has 0 spiro atoms. The number of rotatable bonds is 2. The van der Waals surface area contributed by atoms with Crippen LogP contribution < -0.4 is 5.73 Å². The van der Waals surface area contributed by atoms with E-state index in [-0.39, 0.29) is 5.82 Å². The van der Waals surface area contributed by atoms with Gasteiger partial charge in [-0.2, -0.15) is 0 Å². The van der Waals surface area contributed by atoms with Gasteiger partial charge < -0.3 is 10.3 Å². The van der Waals surface area contributed by atoms with E-state index in [1.165, 1.54) is 6.07 Å². The van der Waals surface area contributed by atoms with Gasteiger partial charge in [-0.1, -0.05) is 29.8 Å². The van der Waals surface area contributed by atoms with Crippen molar-refractivity contribution in [3.63, 3.8) is 0 Å². The standard InChI is InChI=1S/C14H11ClFN3/c15-10-6-4-9(5-7-10)8-19-12-3-1-2-11(16)13(12)18-14(19)17/h1-7H,8H2,(H2,17,18). The fourth-order valence-corrected chi connectivity index (χ4v) is 2.20. The van der Waals surface area contributed by atoms with Gasteiger partial charge in [0.2, 0.25) is 5.95 Å². The molecule has 1 aromatic heterocycles. The summed E-state index contributed by atoms with van der Waals surface area (Å²) in [5.41, 5.74) is 7.87. The highest BCUT2D eigenvalue weighted by Crippen LogP contribution is 2.22. The Balaban J connectivity index is 2.07. The lowest BCUT2D eigenvalue weighted by Crippen LogP contribution is -2.04. The zero-order chi connectivity index (χ0) is 13.4. The van der Waals surface area contributed by atoms with Gasteiger partial charge in [0.15, 0.2) is 5.82 Å². The van der Waals surface area contributed by atoms with Crippen molar-refractivity contribution in [3.8, 4) is 0 Å². The summed E-state index contributed by atoms with van der Waals surface area (Å²) in [6, 6.07) is 12.3. The van der Waals surface area contributed by atoms with Crippen LogP contribution in [-0.4, -0.2) is 9.55 Å². The number of anilines is 1. The Kier molecular flexibility index (Phi) is 2.87. The molecule has 0 aliphatic carbocycles. The molecule has 3 aromatic rings. The van der Waals surface area contributed by atoms with Crippen molar-refractivity contribution in [2.45, 2.75) is 6.54 Å². The van der Waals surface area contributed by atoms with Gasteiger partial charge in [-0.25, -0.2) is 9.37 Å². The normalized spacial score (nSPS) is 11.1. The van der Waals surface area contributed by atoms with Crippen LogP contribution in [0.1, 0.15) is 5.56 Å². The van der Waals surface area contributed by atoms with Gasteiger partial charge in [0.05, 0.1) is 12.1 Å². The summed E-state index contributed by atoms with van der Waals surface area (Å²) in [6.45, 7) is 0.531. The zero-order valence-electron chi connectivity index (χ0n) is 9.98. The van der Waals surface area contributed by atoms with Crippen LogP contribution in [0.15, 0.2) is 42.5 Å². The second-order valence-electron chi connectivity index (χ2n) is 4.29. The van der Waals surface area contributed by atoms with Gasteiger partial charge in [-0.3, -0.25) is 0 Å². The molecule has 0 amide bonds. The number of nitrogens with two attached hydrogens (primary N) is 1. The van der Waals surface area contributed by atoms with Gasteiger partial charge >= 0.3 is 0 Å². The molecule has 0 bridgehead atoms. The quantitative estimate of drug-likeness (QED) is 0.778. The van der Waals surface area contributed by atoms with Crippen LogP contribution in [0.4, 0.5) is 10.3 Å². The fraction of sp³-hybridized carbons (Fsp3) is 0.0714. The van der Waals surface area contributed by atoms with Crippen molar-refractivity contribution >= 4 is 28.6 Å². The first-order chi connectivity index (χ1) is 9.15. The van der Waals surface area contributed by atoms with Crippen LogP contribution in [0, 0.1) is 5.82 Å². The number of nitrogen functional groups attached to an aromatic ring is 1. The number of nitrogens with zero attached hydrogens (tertiary/aromatic N) is 2. The minimum atomic E-state index is -0.362. The molecule has 5 heteroatoms. The van der Waals surface area contributed by atoms with Crippen molar-refractivity contribution in [1.82, 2.24) is 9.55 Å². The lowest BCUT2D eigenvalue weighted by atomic mass is 10.2. The Morgan fingerprint density at radius 3 is 2.63 bits per heavy atom. The summed E-state index contributed by atoms with van der Waals surface area (Å²) >= 11 is 5.85. The molecule has 0 aliphatic rings. The first-order valence-corrected chi connectivity index (χ1v) is 6.17. The first kappa shape index (κ1) is 12.0. The number of imidazole rings is 1. The molecule has 3 rings (SSSR count). The molecule has 19 heavy (non-hydrogen) atoms. The molecular formula is C14H11ClFN3. The molecule has 2 aromatic carbocycles. The smallest absolute Gasteiger partial charge is 0.201 e. The van der Waals surface area contributed by atoms with Gasteiger partial charge in [-0.05, 0) is 29.8 Å². The summed E-state index contributed by atoms with van der Waals surface area (Å²) in [4.78, 5) is 4.07. The molecule has 0 saturated heterocycles. The van der Waals surface area contributed by atoms with Crippen LogP contribution in [0.2, 0.25) is 5.02 Å². The van der Waals surface area contributed by atoms with Crippen molar-refractivity contribution in [2.24, 2.45) is 0 Å². The van der Waals surface area contributed by atoms with Crippen LogP contribution in [-0.2, 0) is 6.54 Å². The van der Waals surface area contributed by atoms with Crippen molar-refractivity contribution in [3.05, 3.63) is 58.9 Å². The van der Waals surface area contributed by atoms with Crippen LogP contribution >= 0.6 is 11.6 Å². The van der Waals surface area contributed by atoms with E-state index in [4.69, 9.17) is 17.3 Å². The Labute approximate surface area is 114 Å². The van der Waals surface area contributed by atoms with Gasteiger partial charge in [0.1, 0.15) is 5.52 Å². The predicted octanol–water partition coefficient (Wildman–Crippen LogP) is 3.46. The maximum Gasteiger partial charge on any atom is 0.201 e. The number of para-hydroxylation sites is 1. The maximum absolute atomic E-state index is 13.6. The highest BCUT2D eigenvalue weighted by molar-refractivity contribution is 6.30. The lowest BCUT2D eigenvalue weighted by molar-refractivity contribution is 0.637. The summed E-state index contributed by atoms with van der Waals surface area (Å²) in [5, 5.41) is 0.679. The number of halogens is 2. The Morgan fingerprint density at radius 2 is 1.89 bits per heavy atom. The van der Waals surface area contributed by atoms with E-state index in [0.717, 1.165) is 5.56 Å². The predicted molar refractivity (Wildman–Crippen MR) is 74.7 cm³/mol. The summed E-state index contributed by atoms with van der Waals surface area (Å²) in [5.74, 6) is -0.0610. The summed E-state index contributed by atoms with van der Waals surface area (Å²) < 4.78 is 15.4. The van der Waals surface area contributed by atoms with Crippen LogP contribution in [0.5, 0.6) is 0 Å². The molecule has 96 valence electrons. The second kappa shape index (κ2) is 4.55. The minimum absolute atomic E-state index is 0.300. The first-order valence-electron chi connectivity index (χ1n) is 5.80. The zero-order valence-corrected chi connectivity index (χ0v) is 10.7. The highest BCUT2D eigenvalue weighted by Gasteiger charge is 2.11. The third kappa shape index (κ3) is 2.15. The number of hydrogen-bond acceptors (Lipinski definition) is 2. The molecule has 0 radical (unpaired) electrons. The highest BCUT2D eigenvalue weighted by atomic mass is 35.5.